The molecule has 4 aromatic rings. The summed E-state index contributed by atoms with van der Waals surface area (Å²) < 4.78 is 18.2. The van der Waals surface area contributed by atoms with Gasteiger partial charge in [0.25, 0.3) is 5.56 Å². The minimum Gasteiger partial charge on any atom is -0.508 e. The summed E-state index contributed by atoms with van der Waals surface area (Å²) in [5.74, 6) is 0.494. The van der Waals surface area contributed by atoms with E-state index < -0.39 is 11.7 Å². The normalized spacial score (nSPS) is 13.5. The lowest BCUT2D eigenvalue weighted by Gasteiger charge is -2.39. The summed E-state index contributed by atoms with van der Waals surface area (Å²) in [5.41, 5.74) is 1.40. The number of hydrogen-bond donors (Lipinski definition) is 2. The van der Waals surface area contributed by atoms with Gasteiger partial charge in [-0.15, -0.1) is 0 Å². The number of hydrogen-bond acceptors (Lipinski definition) is 8. The maximum atomic E-state index is 14.0. The number of alkyl carbamates (subject to hydrolysis) is 1. The molecule has 0 atom stereocenters. The standard InChI is InChI=1S/C35H40N4O7/c1-5-31(41)38-21-25(22-38)32-37-30-11-10-24(28-20-26(40)18-23-8-6-7-9-27(23)28)19-29(30)33(42)39(32)13-15-45-17-16-44-14-12-36-34(43)46-35(2,3)4/h5-11,18-20,25,40H,1,12-17,21-22H2,2-4H3,(H,36,43). The Kier molecular flexibility index (Phi) is 10.0. The maximum Gasteiger partial charge on any atom is 0.407 e. The fraction of sp³-hybridized carbons (Fsp3) is 0.371. The average molecular weight is 629 g/mol. The molecule has 2 heterocycles. The van der Waals surface area contributed by atoms with E-state index in [2.05, 4.69) is 11.9 Å². The molecule has 0 saturated carbocycles. The predicted octanol–water partition coefficient (Wildman–Crippen LogP) is 4.59. The van der Waals surface area contributed by atoms with E-state index in [0.29, 0.717) is 56.2 Å². The van der Waals surface area contributed by atoms with Crippen LogP contribution in [0.4, 0.5) is 4.79 Å². The van der Waals surface area contributed by atoms with Crippen molar-refractivity contribution >= 4 is 33.7 Å². The second-order valence-electron chi connectivity index (χ2n) is 12.2. The zero-order valence-corrected chi connectivity index (χ0v) is 26.5. The van der Waals surface area contributed by atoms with Gasteiger partial charge in [0.1, 0.15) is 17.2 Å². The second kappa shape index (κ2) is 14.1. The van der Waals surface area contributed by atoms with Crippen LogP contribution in [0.5, 0.6) is 5.75 Å². The van der Waals surface area contributed by atoms with Gasteiger partial charge in [-0.25, -0.2) is 9.78 Å². The number of nitrogens with zero attached hydrogens (tertiary/aromatic N) is 3. The molecule has 3 aromatic carbocycles. The number of aromatic nitrogens is 2. The summed E-state index contributed by atoms with van der Waals surface area (Å²) in [6.45, 7) is 11.6. The van der Waals surface area contributed by atoms with Crippen LogP contribution in [-0.2, 0) is 25.5 Å². The molecule has 0 unspecified atom stereocenters. The highest BCUT2D eigenvalue weighted by molar-refractivity contribution is 5.99. The first-order valence-electron chi connectivity index (χ1n) is 15.3. The zero-order valence-electron chi connectivity index (χ0n) is 26.5. The van der Waals surface area contributed by atoms with Gasteiger partial charge in [0.15, 0.2) is 0 Å². The predicted molar refractivity (Wildman–Crippen MR) is 176 cm³/mol. The number of carbonyl (C=O) groups excluding carboxylic acids is 2. The van der Waals surface area contributed by atoms with Crippen LogP contribution in [0.2, 0.25) is 0 Å². The first-order chi connectivity index (χ1) is 22.0. The molecule has 11 nitrogen and oxygen atoms in total. The van der Waals surface area contributed by atoms with Crippen molar-refractivity contribution in [2.75, 3.05) is 46.1 Å². The number of phenolic OH excluding ortho intramolecular Hbond substituents is 1. The van der Waals surface area contributed by atoms with E-state index >= 15 is 0 Å². The summed E-state index contributed by atoms with van der Waals surface area (Å²) in [5, 5.41) is 15.3. The van der Waals surface area contributed by atoms with Crippen molar-refractivity contribution in [3.05, 3.63) is 83.4 Å². The van der Waals surface area contributed by atoms with Crippen molar-refractivity contribution in [1.29, 1.82) is 0 Å². The van der Waals surface area contributed by atoms with Crippen molar-refractivity contribution in [2.45, 2.75) is 38.8 Å². The third kappa shape index (κ3) is 7.72. The lowest BCUT2D eigenvalue weighted by atomic mass is 9.96. The molecular weight excluding hydrogens is 588 g/mol. The molecule has 11 heteroatoms. The van der Waals surface area contributed by atoms with E-state index in [1.54, 1.807) is 42.4 Å². The van der Waals surface area contributed by atoms with Gasteiger partial charge in [-0.2, -0.15) is 0 Å². The van der Waals surface area contributed by atoms with Crippen LogP contribution in [0.15, 0.2) is 72.0 Å². The molecule has 5 rings (SSSR count). The molecule has 0 radical (unpaired) electrons. The maximum absolute atomic E-state index is 14.0. The Morgan fingerprint density at radius 2 is 1.76 bits per heavy atom. The number of amides is 2. The Bertz CT molecular complexity index is 1810. The van der Waals surface area contributed by atoms with E-state index in [-0.39, 0.29) is 36.3 Å². The van der Waals surface area contributed by atoms with Crippen LogP contribution < -0.4 is 10.9 Å². The van der Waals surface area contributed by atoms with Gasteiger partial charge in [0, 0.05) is 19.6 Å². The number of ether oxygens (including phenoxy) is 3. The first kappa shape index (κ1) is 32.6. The van der Waals surface area contributed by atoms with Crippen LogP contribution >= 0.6 is 0 Å². The van der Waals surface area contributed by atoms with Gasteiger partial charge in [-0.3, -0.25) is 14.2 Å². The quantitative estimate of drug-likeness (QED) is 0.172. The number of likely N-dealkylation sites (tertiary alicyclic amines) is 1. The summed E-state index contributed by atoms with van der Waals surface area (Å²) in [6.07, 6.45) is 0.788. The molecule has 0 aliphatic carbocycles. The van der Waals surface area contributed by atoms with Crippen LogP contribution in [0.25, 0.3) is 32.8 Å². The van der Waals surface area contributed by atoms with E-state index in [4.69, 9.17) is 19.2 Å². The van der Waals surface area contributed by atoms with Crippen LogP contribution in [0.3, 0.4) is 0 Å². The number of fused-ring (bicyclic) bond motifs is 2. The summed E-state index contributed by atoms with van der Waals surface area (Å²) >= 11 is 0. The molecule has 0 spiro atoms. The Morgan fingerprint density at radius 1 is 1.02 bits per heavy atom. The Morgan fingerprint density at radius 3 is 2.50 bits per heavy atom. The largest absolute Gasteiger partial charge is 0.508 e. The fourth-order valence-electron chi connectivity index (χ4n) is 5.44. The van der Waals surface area contributed by atoms with Crippen LogP contribution in [0, 0.1) is 0 Å². The van der Waals surface area contributed by atoms with Gasteiger partial charge in [-0.1, -0.05) is 36.9 Å². The fourth-order valence-corrected chi connectivity index (χ4v) is 5.44. The molecule has 1 aliphatic rings. The minimum atomic E-state index is -0.564. The average Bonchev–Trinajstić information content (AvgIpc) is 2.99. The van der Waals surface area contributed by atoms with Crippen molar-refractivity contribution in [3.8, 4) is 16.9 Å². The van der Waals surface area contributed by atoms with Gasteiger partial charge in [0.05, 0.1) is 49.8 Å². The molecule has 1 aliphatic heterocycles. The number of carbonyl (C=O) groups is 2. The van der Waals surface area contributed by atoms with Crippen molar-refractivity contribution in [2.24, 2.45) is 0 Å². The number of aromatic hydroxyl groups is 1. The molecule has 2 N–H and O–H groups in total. The number of phenols is 1. The van der Waals surface area contributed by atoms with Crippen molar-refractivity contribution in [3.63, 3.8) is 0 Å². The Balaban J connectivity index is 1.29. The highest BCUT2D eigenvalue weighted by Crippen LogP contribution is 2.34. The highest BCUT2D eigenvalue weighted by Gasteiger charge is 2.34. The molecule has 1 aromatic heterocycles. The second-order valence-corrected chi connectivity index (χ2v) is 12.2. The zero-order chi connectivity index (χ0) is 32.8. The van der Waals surface area contributed by atoms with Crippen LogP contribution in [0.1, 0.15) is 32.5 Å². The van der Waals surface area contributed by atoms with Crippen LogP contribution in [-0.4, -0.2) is 83.2 Å². The van der Waals surface area contributed by atoms with Gasteiger partial charge < -0.3 is 29.5 Å². The van der Waals surface area contributed by atoms with Crippen molar-refractivity contribution in [1.82, 2.24) is 19.8 Å². The van der Waals surface area contributed by atoms with Gasteiger partial charge in [0.2, 0.25) is 5.91 Å². The molecule has 46 heavy (non-hydrogen) atoms. The van der Waals surface area contributed by atoms with E-state index in [1.165, 1.54) is 6.08 Å². The summed E-state index contributed by atoms with van der Waals surface area (Å²) in [4.78, 5) is 44.4. The Labute approximate surface area is 267 Å². The molecule has 1 fully saturated rings. The topological polar surface area (TPSA) is 132 Å². The van der Waals surface area contributed by atoms with Crippen molar-refractivity contribution < 1.29 is 28.9 Å². The lowest BCUT2D eigenvalue weighted by Crippen LogP contribution is -2.49. The van der Waals surface area contributed by atoms with E-state index in [9.17, 15) is 19.5 Å². The third-order valence-corrected chi connectivity index (χ3v) is 7.62. The summed E-state index contributed by atoms with van der Waals surface area (Å²) in [7, 11) is 0. The Hall–Kier alpha value is -4.74. The molecule has 0 bridgehead atoms. The number of nitrogens with one attached hydrogen (secondary N) is 1. The van der Waals surface area contributed by atoms with Gasteiger partial charge >= 0.3 is 6.09 Å². The van der Waals surface area contributed by atoms with E-state index in [0.717, 1.165) is 21.9 Å². The lowest BCUT2D eigenvalue weighted by molar-refractivity contribution is -0.130. The molecule has 2 amide bonds. The third-order valence-electron chi connectivity index (χ3n) is 7.62. The van der Waals surface area contributed by atoms with Gasteiger partial charge in [-0.05, 0) is 73.0 Å². The number of benzene rings is 3. The monoisotopic (exact) mass is 628 g/mol. The number of rotatable bonds is 12. The SMILES string of the molecule is C=CC(=O)N1CC(c2nc3ccc(-c4cc(O)cc5ccccc45)cc3c(=O)n2CCOCCOCCNC(=O)OC(C)(C)C)C1. The van der Waals surface area contributed by atoms with E-state index in [1.807, 2.05) is 42.5 Å². The molecule has 242 valence electrons. The molecular formula is C35H40N4O7. The highest BCUT2D eigenvalue weighted by atomic mass is 16.6. The first-order valence-corrected chi connectivity index (χ1v) is 15.3. The smallest absolute Gasteiger partial charge is 0.407 e. The molecule has 1 saturated heterocycles. The summed E-state index contributed by atoms with van der Waals surface area (Å²) in [6, 6.07) is 16.7. The minimum absolute atomic E-state index is 0.100.